The number of aryl methyl sites for hydroxylation is 1. The Morgan fingerprint density at radius 3 is 2.31 bits per heavy atom. The Morgan fingerprint density at radius 2 is 1.65 bits per heavy atom. The molecule has 17 nitrogen and oxygen atoms in total. The minimum absolute atomic E-state index is 0.0000485. The SMILES string of the molecule is Cc1ncsc1-c1ccc(C(C)NC(=O)C2CC(O)CN2C(=O)C(NC(=O)CCCCCCCCNC(=O)CC(=O)Nc2cccc(Sc3ncc(N4CCC(C)(N)CC4)nc3N)c2Cl)C(C)(C)C)cc1. The molecule has 2 aromatic carbocycles. The fourth-order valence-corrected chi connectivity index (χ4v) is 10.6. The molecule has 6 rings (SSSR count). The number of benzene rings is 2. The zero-order chi connectivity index (χ0) is 51.5. The van der Waals surface area contributed by atoms with Crippen LogP contribution in [0.5, 0.6) is 0 Å². The molecule has 0 aliphatic carbocycles. The van der Waals surface area contributed by atoms with E-state index in [0.29, 0.717) is 39.4 Å². The molecule has 0 radical (unpaired) electrons. The third-order valence-corrected chi connectivity index (χ3v) is 15.5. The fraction of sp³-hybridized carbons (Fsp3) is 0.529. The molecule has 71 heavy (non-hydrogen) atoms. The van der Waals surface area contributed by atoms with Gasteiger partial charge >= 0.3 is 0 Å². The topological polar surface area (TPSA) is 251 Å². The van der Waals surface area contributed by atoms with Gasteiger partial charge in [0.25, 0.3) is 0 Å². The van der Waals surface area contributed by atoms with Crippen LogP contribution in [0.25, 0.3) is 10.4 Å². The molecule has 2 aliphatic heterocycles. The molecule has 5 amide bonds. The minimum Gasteiger partial charge on any atom is -0.391 e. The number of β-amino-alcohol motifs (C(OH)–C–C–N with tert-alkyl or cyclic N) is 1. The van der Waals surface area contributed by atoms with E-state index < -0.39 is 41.3 Å². The number of hydrogen-bond acceptors (Lipinski definition) is 14. The van der Waals surface area contributed by atoms with Gasteiger partial charge in [-0.2, -0.15) is 0 Å². The van der Waals surface area contributed by atoms with Gasteiger partial charge in [-0.15, -0.1) is 11.3 Å². The van der Waals surface area contributed by atoms with Gasteiger partial charge in [0.1, 0.15) is 29.3 Å². The molecule has 0 saturated carbocycles. The number of piperidine rings is 1. The first-order chi connectivity index (χ1) is 33.7. The standard InChI is InChI=1S/C51H70ClN11O6S2/c1-31(33-17-19-34(20-18-33)44-32(2)57-30-70-44)58-47(68)37-26-35(64)29-63(37)49(69)45(50(3,4)5)61-40(65)16-11-9-7-8-10-12-23-55-41(66)27-42(67)59-36-14-13-15-38(43(36)52)71-48-46(53)60-39(28-56-48)62-24-21-51(6,54)22-25-62/h13-15,17-20,28,30-31,35,37,45,64H,7-12,16,21-27,29,54H2,1-6H3,(H2,53,60)(H,55,66)(H,58,68)(H,59,67)(H,61,65). The number of carbonyl (C=O) groups excluding carboxylic acids is 5. The number of nitrogens with zero attached hydrogens (tertiary/aromatic N) is 5. The third kappa shape index (κ3) is 15.6. The lowest BCUT2D eigenvalue weighted by Crippen LogP contribution is -2.57. The number of anilines is 3. The molecule has 4 aromatic rings. The molecule has 9 N–H and O–H groups in total. The summed E-state index contributed by atoms with van der Waals surface area (Å²) in [5.74, 6) is -0.942. The first-order valence-corrected chi connectivity index (χ1v) is 26.5. The quantitative estimate of drug-likeness (QED) is 0.0324. The zero-order valence-corrected chi connectivity index (χ0v) is 44.1. The lowest BCUT2D eigenvalue weighted by Gasteiger charge is -2.37. The molecule has 4 atom stereocenters. The van der Waals surface area contributed by atoms with E-state index in [2.05, 4.69) is 48.0 Å². The first kappa shape index (κ1) is 55.0. The number of aliphatic hydroxyl groups excluding tert-OH is 1. The van der Waals surface area contributed by atoms with Crippen LogP contribution in [0.2, 0.25) is 5.02 Å². The second-order valence-corrected chi connectivity index (χ2v) is 22.4. The average molecular weight is 1030 g/mol. The highest BCUT2D eigenvalue weighted by Crippen LogP contribution is 2.39. The lowest BCUT2D eigenvalue weighted by molar-refractivity contribution is -0.144. The van der Waals surface area contributed by atoms with E-state index in [1.807, 2.05) is 64.4 Å². The number of halogens is 1. The van der Waals surface area contributed by atoms with E-state index in [1.54, 1.807) is 35.7 Å². The molecule has 2 aromatic heterocycles. The van der Waals surface area contributed by atoms with Crippen LogP contribution in [0.3, 0.4) is 0 Å². The second-order valence-electron chi connectivity index (χ2n) is 20.1. The number of thiazole rings is 1. The minimum atomic E-state index is -0.898. The van der Waals surface area contributed by atoms with Crippen LogP contribution in [-0.2, 0) is 24.0 Å². The van der Waals surface area contributed by atoms with Gasteiger partial charge in [-0.1, -0.05) is 100 Å². The van der Waals surface area contributed by atoms with Gasteiger partial charge in [0, 0.05) is 49.5 Å². The fourth-order valence-electron chi connectivity index (χ4n) is 8.65. The lowest BCUT2D eigenvalue weighted by atomic mass is 9.85. The van der Waals surface area contributed by atoms with Crippen LogP contribution < -0.4 is 37.6 Å². The molecule has 4 heterocycles. The maximum absolute atomic E-state index is 14.1. The van der Waals surface area contributed by atoms with E-state index in [4.69, 9.17) is 23.1 Å². The van der Waals surface area contributed by atoms with E-state index in [-0.39, 0.29) is 55.0 Å². The Kier molecular flexibility index (Phi) is 19.3. The van der Waals surface area contributed by atoms with Gasteiger partial charge in [0.2, 0.25) is 29.5 Å². The Morgan fingerprint density at radius 1 is 0.958 bits per heavy atom. The molecule has 4 unspecified atom stereocenters. The van der Waals surface area contributed by atoms with Crippen LogP contribution in [-0.4, -0.2) is 104 Å². The van der Waals surface area contributed by atoms with Crippen molar-refractivity contribution in [3.63, 3.8) is 0 Å². The van der Waals surface area contributed by atoms with E-state index >= 15 is 0 Å². The van der Waals surface area contributed by atoms with E-state index in [0.717, 1.165) is 79.7 Å². The number of aromatic nitrogens is 3. The van der Waals surface area contributed by atoms with Gasteiger partial charge in [-0.25, -0.2) is 15.0 Å². The smallest absolute Gasteiger partial charge is 0.246 e. The van der Waals surface area contributed by atoms with Gasteiger partial charge in [-0.05, 0) is 75.1 Å². The largest absolute Gasteiger partial charge is 0.391 e. The summed E-state index contributed by atoms with van der Waals surface area (Å²) in [4.78, 5) is 85.0. The molecule has 0 bridgehead atoms. The van der Waals surface area contributed by atoms with E-state index in [1.165, 1.54) is 16.7 Å². The van der Waals surface area contributed by atoms with Crippen LogP contribution in [0.4, 0.5) is 17.3 Å². The summed E-state index contributed by atoms with van der Waals surface area (Å²) in [6.07, 6.45) is 7.31. The Labute approximate surface area is 430 Å². The van der Waals surface area contributed by atoms with E-state index in [9.17, 15) is 29.1 Å². The van der Waals surface area contributed by atoms with Crippen molar-refractivity contribution in [2.45, 2.75) is 152 Å². The van der Waals surface area contributed by atoms with Crippen molar-refractivity contribution in [2.75, 3.05) is 42.1 Å². The first-order valence-electron chi connectivity index (χ1n) is 24.5. The molecule has 384 valence electrons. The van der Waals surface area contributed by atoms with Crippen molar-refractivity contribution in [3.05, 3.63) is 70.5 Å². The molecule has 2 aliphatic rings. The highest BCUT2D eigenvalue weighted by molar-refractivity contribution is 7.99. The summed E-state index contributed by atoms with van der Waals surface area (Å²) < 4.78 is 0. The summed E-state index contributed by atoms with van der Waals surface area (Å²) in [5, 5.41) is 22.9. The van der Waals surface area contributed by atoms with Gasteiger partial charge in [0.15, 0.2) is 5.82 Å². The average Bonchev–Trinajstić information content (AvgIpc) is 3.94. The number of rotatable bonds is 21. The van der Waals surface area contributed by atoms with Crippen LogP contribution >= 0.6 is 34.7 Å². The third-order valence-electron chi connectivity index (χ3n) is 13.0. The number of aliphatic hydroxyl groups is 1. The molecular weight excluding hydrogens is 962 g/mol. The summed E-state index contributed by atoms with van der Waals surface area (Å²) in [5.41, 5.74) is 16.8. The van der Waals surface area contributed by atoms with Crippen molar-refractivity contribution in [1.29, 1.82) is 0 Å². The normalized spacial score (nSPS) is 17.6. The summed E-state index contributed by atoms with van der Waals surface area (Å²) in [6, 6.07) is 11.0. The van der Waals surface area contributed by atoms with Crippen molar-refractivity contribution < 1.29 is 29.1 Å². The Bertz CT molecular complexity index is 2490. The number of unbranched alkanes of at least 4 members (excludes halogenated alkanes) is 5. The Hall–Kier alpha value is -5.34. The highest BCUT2D eigenvalue weighted by atomic mass is 35.5. The van der Waals surface area contributed by atoms with Crippen molar-refractivity contribution in [1.82, 2.24) is 35.8 Å². The molecule has 2 fully saturated rings. The van der Waals surface area contributed by atoms with Crippen LogP contribution in [0.15, 0.2) is 64.1 Å². The molecular formula is C51H70ClN11O6S2. The van der Waals surface area contributed by atoms with Crippen molar-refractivity contribution in [3.8, 4) is 10.4 Å². The molecule has 0 spiro atoms. The summed E-state index contributed by atoms with van der Waals surface area (Å²) >= 11 is 9.49. The summed E-state index contributed by atoms with van der Waals surface area (Å²) in [6.45, 7) is 13.5. The number of nitrogen functional groups attached to an aromatic ring is 1. The van der Waals surface area contributed by atoms with Crippen molar-refractivity contribution in [2.24, 2.45) is 11.1 Å². The number of amides is 5. The van der Waals surface area contributed by atoms with Crippen LogP contribution in [0, 0.1) is 12.3 Å². The van der Waals surface area contributed by atoms with Crippen LogP contribution in [0.1, 0.15) is 123 Å². The zero-order valence-electron chi connectivity index (χ0n) is 41.7. The Balaban J connectivity index is 0.855. The molecule has 2 saturated heterocycles. The highest BCUT2D eigenvalue weighted by Gasteiger charge is 2.44. The maximum atomic E-state index is 14.1. The van der Waals surface area contributed by atoms with Gasteiger partial charge in [-0.3, -0.25) is 24.0 Å². The monoisotopic (exact) mass is 1030 g/mol. The number of likely N-dealkylation sites (tertiary alicyclic amines) is 1. The second kappa shape index (κ2) is 24.9. The predicted molar refractivity (Wildman–Crippen MR) is 281 cm³/mol. The summed E-state index contributed by atoms with van der Waals surface area (Å²) in [7, 11) is 0. The molecule has 20 heteroatoms. The number of hydrogen-bond donors (Lipinski definition) is 7. The number of nitrogens with one attached hydrogen (secondary N) is 4. The number of carbonyl (C=O) groups is 5. The van der Waals surface area contributed by atoms with Gasteiger partial charge < -0.3 is 47.6 Å². The van der Waals surface area contributed by atoms with Crippen molar-refractivity contribution >= 4 is 81.6 Å². The van der Waals surface area contributed by atoms with Gasteiger partial charge in [0.05, 0.1) is 45.1 Å². The number of nitrogens with two attached hydrogens (primary N) is 2. The maximum Gasteiger partial charge on any atom is 0.246 e. The predicted octanol–water partition coefficient (Wildman–Crippen LogP) is 7.16.